The van der Waals surface area contributed by atoms with Crippen molar-refractivity contribution < 1.29 is 26.7 Å². The highest BCUT2D eigenvalue weighted by molar-refractivity contribution is 7.81. The lowest BCUT2D eigenvalue weighted by Gasteiger charge is -2.14. The lowest BCUT2D eigenvalue weighted by Crippen LogP contribution is -2.28. The molecule has 178 valence electrons. The molecule has 0 aromatic heterocycles. The van der Waals surface area contributed by atoms with E-state index < -0.39 is 23.1 Å². The van der Waals surface area contributed by atoms with Gasteiger partial charge in [-0.3, -0.25) is 4.79 Å². The number of aliphatic hydroxyl groups excluding tert-OH is 1. The fourth-order valence-electron chi connectivity index (χ4n) is 3.19. The van der Waals surface area contributed by atoms with E-state index in [4.69, 9.17) is 9.29 Å². The highest BCUT2D eigenvalue weighted by Crippen LogP contribution is 2.13. The van der Waals surface area contributed by atoms with E-state index in [0.717, 1.165) is 32.1 Å². The Balaban J connectivity index is 3.68. The molecule has 0 amide bonds. The van der Waals surface area contributed by atoms with Gasteiger partial charge in [-0.2, -0.15) is 8.42 Å². The van der Waals surface area contributed by atoms with Crippen molar-refractivity contribution in [3.8, 4) is 0 Å². The Hall–Kier alpha value is -0.760. The second-order valence-electron chi connectivity index (χ2n) is 7.75. The van der Waals surface area contributed by atoms with Crippen molar-refractivity contribution in [1.82, 2.24) is 0 Å². The van der Waals surface area contributed by atoms with E-state index in [0.29, 0.717) is 6.42 Å². The molecule has 0 rings (SSSR count). The van der Waals surface area contributed by atoms with Crippen molar-refractivity contribution >= 4 is 16.2 Å². The average molecular weight is 449 g/mol. The normalized spacial score (nSPS) is 13.2. The first-order valence-electron chi connectivity index (χ1n) is 11.8. The summed E-state index contributed by atoms with van der Waals surface area (Å²) in [5.74, 6) is -0.216. The van der Waals surface area contributed by atoms with Crippen molar-refractivity contribution in [1.29, 1.82) is 0 Å². The van der Waals surface area contributed by atoms with E-state index in [-0.39, 0.29) is 18.8 Å². The molecular formula is C23H44O6S. The minimum Gasteiger partial charge on any atom is -0.394 e. The number of allylic oxidation sites excluding steroid dienone is 2. The molecule has 1 atom stereocenters. The van der Waals surface area contributed by atoms with Gasteiger partial charge in [0, 0.05) is 6.42 Å². The third-order valence-electron chi connectivity index (χ3n) is 4.97. The fourth-order valence-corrected chi connectivity index (χ4v) is 4.05. The van der Waals surface area contributed by atoms with E-state index in [9.17, 15) is 13.2 Å². The molecule has 1 N–H and O–H groups in total. The van der Waals surface area contributed by atoms with Gasteiger partial charge in [0.25, 0.3) is 0 Å². The zero-order valence-electron chi connectivity index (χ0n) is 19.1. The van der Waals surface area contributed by atoms with Crippen LogP contribution in [0.25, 0.3) is 0 Å². The molecule has 0 radical (unpaired) electrons. The van der Waals surface area contributed by atoms with Crippen LogP contribution in [0, 0.1) is 0 Å². The van der Waals surface area contributed by atoms with Crippen molar-refractivity contribution in [3.05, 3.63) is 12.2 Å². The second-order valence-corrected chi connectivity index (χ2v) is 8.99. The van der Waals surface area contributed by atoms with Gasteiger partial charge in [0.15, 0.2) is 5.78 Å². The maximum absolute atomic E-state index is 12.2. The molecule has 0 saturated heterocycles. The first kappa shape index (κ1) is 29.2. The van der Waals surface area contributed by atoms with Gasteiger partial charge in [-0.05, 0) is 38.5 Å². The van der Waals surface area contributed by atoms with Crippen LogP contribution in [0.1, 0.15) is 110 Å². The van der Waals surface area contributed by atoms with Gasteiger partial charge in [0.05, 0.1) is 13.2 Å². The topological polar surface area (TPSA) is 89.9 Å². The minimum atomic E-state index is -4.25. The van der Waals surface area contributed by atoms with E-state index >= 15 is 0 Å². The number of carbonyl (C=O) groups excluding carboxylic acids is 1. The number of hydrogen-bond acceptors (Lipinski definition) is 6. The molecule has 0 aromatic carbocycles. The first-order chi connectivity index (χ1) is 14.5. The number of rotatable bonds is 22. The van der Waals surface area contributed by atoms with Gasteiger partial charge < -0.3 is 5.11 Å². The Morgan fingerprint density at radius 1 is 0.867 bits per heavy atom. The van der Waals surface area contributed by atoms with Crippen molar-refractivity contribution in [2.45, 2.75) is 116 Å². The lowest BCUT2D eigenvalue weighted by molar-refractivity contribution is -0.126. The largest absolute Gasteiger partial charge is 0.400 e. The van der Waals surface area contributed by atoms with E-state index in [1.807, 2.05) is 0 Å². The third kappa shape index (κ3) is 18.0. The van der Waals surface area contributed by atoms with Gasteiger partial charge in [-0.25, -0.2) is 8.37 Å². The van der Waals surface area contributed by atoms with Crippen LogP contribution in [0.2, 0.25) is 0 Å². The molecular weight excluding hydrogens is 404 g/mol. The molecule has 0 saturated carbocycles. The lowest BCUT2D eigenvalue weighted by atomic mass is 10.0. The molecule has 0 aromatic rings. The summed E-state index contributed by atoms with van der Waals surface area (Å²) in [6.07, 6.45) is 19.6. The van der Waals surface area contributed by atoms with Gasteiger partial charge in [0.1, 0.15) is 6.10 Å². The monoisotopic (exact) mass is 448 g/mol. The van der Waals surface area contributed by atoms with Crippen molar-refractivity contribution in [2.24, 2.45) is 0 Å². The maximum Gasteiger partial charge on any atom is 0.400 e. The molecule has 0 heterocycles. The smallest absolute Gasteiger partial charge is 0.394 e. The highest BCUT2D eigenvalue weighted by atomic mass is 32.3. The predicted molar refractivity (Wildman–Crippen MR) is 122 cm³/mol. The van der Waals surface area contributed by atoms with Crippen LogP contribution in [-0.2, 0) is 23.6 Å². The standard InChI is InChI=1S/C23H44O6S/c1-3-5-6-7-8-9-10-11-12-13-14-15-16-17-18-19-22(25)23(4-2)29-30(26,27)28-21-20-24/h11-12,23-24H,3-10,13-21H2,1-2H3/b12-11-. The van der Waals surface area contributed by atoms with Crippen LogP contribution < -0.4 is 0 Å². The predicted octanol–water partition coefficient (Wildman–Crippen LogP) is 5.64. The molecule has 0 spiro atoms. The Morgan fingerprint density at radius 3 is 1.93 bits per heavy atom. The van der Waals surface area contributed by atoms with Crippen molar-refractivity contribution in [3.63, 3.8) is 0 Å². The minimum absolute atomic E-state index is 0.216. The number of hydrogen-bond donors (Lipinski definition) is 1. The fraction of sp³-hybridized carbons (Fsp3) is 0.870. The molecule has 0 bridgehead atoms. The van der Waals surface area contributed by atoms with Gasteiger partial charge in [-0.1, -0.05) is 77.4 Å². The van der Waals surface area contributed by atoms with Crippen LogP contribution in [0.4, 0.5) is 0 Å². The summed E-state index contributed by atoms with van der Waals surface area (Å²) in [5.41, 5.74) is 0. The summed E-state index contributed by atoms with van der Waals surface area (Å²) < 4.78 is 32.4. The average Bonchev–Trinajstić information content (AvgIpc) is 2.73. The Bertz CT molecular complexity index is 530. The van der Waals surface area contributed by atoms with Crippen LogP contribution in [-0.4, -0.2) is 38.6 Å². The number of ketones is 1. The van der Waals surface area contributed by atoms with Crippen LogP contribution in [0.3, 0.4) is 0 Å². The van der Waals surface area contributed by atoms with Crippen molar-refractivity contribution in [2.75, 3.05) is 13.2 Å². The molecule has 0 fully saturated rings. The third-order valence-corrected chi connectivity index (χ3v) is 5.89. The van der Waals surface area contributed by atoms with E-state index in [1.165, 1.54) is 51.4 Å². The van der Waals surface area contributed by atoms with Crippen LogP contribution >= 0.6 is 0 Å². The number of unbranched alkanes of at least 4 members (excludes halogenated alkanes) is 11. The van der Waals surface area contributed by atoms with Gasteiger partial charge >= 0.3 is 10.4 Å². The summed E-state index contributed by atoms with van der Waals surface area (Å²) in [7, 11) is -4.25. The maximum atomic E-state index is 12.2. The number of carbonyl (C=O) groups is 1. The first-order valence-corrected chi connectivity index (χ1v) is 13.2. The molecule has 0 aliphatic rings. The Labute approximate surface area is 184 Å². The zero-order valence-corrected chi connectivity index (χ0v) is 20.0. The van der Waals surface area contributed by atoms with E-state index in [1.54, 1.807) is 6.92 Å². The second kappa shape index (κ2) is 20.2. The summed E-state index contributed by atoms with van der Waals surface area (Å²) in [6.45, 7) is 3.14. The van der Waals surface area contributed by atoms with Crippen LogP contribution in [0.5, 0.6) is 0 Å². The number of Topliss-reactive ketones (excluding diaryl/α,β-unsaturated/α-hetero) is 1. The zero-order chi connectivity index (χ0) is 22.5. The number of aliphatic hydroxyl groups is 1. The highest BCUT2D eigenvalue weighted by Gasteiger charge is 2.24. The van der Waals surface area contributed by atoms with Gasteiger partial charge in [0.2, 0.25) is 0 Å². The summed E-state index contributed by atoms with van der Waals surface area (Å²) >= 11 is 0. The Kier molecular flexibility index (Phi) is 19.6. The molecule has 30 heavy (non-hydrogen) atoms. The molecule has 1 unspecified atom stereocenters. The quantitative estimate of drug-likeness (QED) is 0.170. The summed E-state index contributed by atoms with van der Waals surface area (Å²) in [6, 6.07) is 0. The van der Waals surface area contributed by atoms with Crippen LogP contribution in [0.15, 0.2) is 12.2 Å². The van der Waals surface area contributed by atoms with E-state index in [2.05, 4.69) is 23.3 Å². The molecule has 7 heteroatoms. The molecule has 0 aliphatic carbocycles. The molecule has 6 nitrogen and oxygen atoms in total. The summed E-state index contributed by atoms with van der Waals surface area (Å²) in [5, 5.41) is 8.62. The molecule has 0 aliphatic heterocycles. The summed E-state index contributed by atoms with van der Waals surface area (Å²) in [4.78, 5) is 12.2. The Morgan fingerprint density at radius 2 is 1.40 bits per heavy atom. The van der Waals surface area contributed by atoms with Gasteiger partial charge in [-0.15, -0.1) is 0 Å². The SMILES string of the molecule is CCCCCCCC/C=C\CCCCCCCC(=O)C(CC)OS(=O)(=O)OCCO.